The van der Waals surface area contributed by atoms with E-state index in [2.05, 4.69) is 10.3 Å². The van der Waals surface area contributed by atoms with Crippen molar-refractivity contribution in [2.75, 3.05) is 19.7 Å². The van der Waals surface area contributed by atoms with E-state index in [-0.39, 0.29) is 17.4 Å². The molecule has 0 bridgehead atoms. The van der Waals surface area contributed by atoms with Crippen molar-refractivity contribution in [3.63, 3.8) is 0 Å². The Bertz CT molecular complexity index is 808. The molecule has 8 heteroatoms. The number of carbonyl (C=O) groups excluding carboxylic acids is 2. The summed E-state index contributed by atoms with van der Waals surface area (Å²) in [7, 11) is 0. The van der Waals surface area contributed by atoms with Crippen LogP contribution in [0.4, 0.5) is 0 Å². The second-order valence-corrected chi connectivity index (χ2v) is 8.50. The largest absolute Gasteiger partial charge is 0.369 e. The van der Waals surface area contributed by atoms with Crippen molar-refractivity contribution in [2.45, 2.75) is 38.3 Å². The van der Waals surface area contributed by atoms with Gasteiger partial charge in [-0.05, 0) is 30.9 Å². The molecule has 0 aliphatic carbocycles. The molecule has 2 amide bonds. The van der Waals surface area contributed by atoms with Crippen LogP contribution in [-0.2, 0) is 28.1 Å². The maximum atomic E-state index is 12.6. The van der Waals surface area contributed by atoms with Crippen LogP contribution in [-0.4, -0.2) is 41.4 Å². The lowest BCUT2D eigenvalue weighted by Crippen LogP contribution is -2.47. The minimum atomic E-state index is -0.336. The highest BCUT2D eigenvalue weighted by Crippen LogP contribution is 2.45. The van der Waals surface area contributed by atoms with Gasteiger partial charge in [0.05, 0.1) is 29.2 Å². The molecule has 2 aromatic heterocycles. The normalized spacial score (nSPS) is 18.6. The molecule has 26 heavy (non-hydrogen) atoms. The van der Waals surface area contributed by atoms with Crippen molar-refractivity contribution >= 4 is 34.5 Å². The highest BCUT2D eigenvalue weighted by Gasteiger charge is 2.43. The van der Waals surface area contributed by atoms with E-state index in [0.717, 1.165) is 29.8 Å². The minimum absolute atomic E-state index is 0.0614. The number of fused-ring (bicyclic) bond motifs is 2. The van der Waals surface area contributed by atoms with Crippen LogP contribution >= 0.6 is 22.7 Å². The molecule has 0 aromatic carbocycles. The number of piperidine rings is 1. The fourth-order valence-electron chi connectivity index (χ4n) is 3.67. The second kappa shape index (κ2) is 7.09. The van der Waals surface area contributed by atoms with Crippen molar-refractivity contribution in [1.29, 1.82) is 0 Å². The molecule has 0 unspecified atom stereocenters. The van der Waals surface area contributed by atoms with E-state index >= 15 is 0 Å². The lowest BCUT2D eigenvalue weighted by molar-refractivity contribution is -0.138. The Morgan fingerprint density at radius 1 is 1.38 bits per heavy atom. The first-order valence-electron chi connectivity index (χ1n) is 8.75. The van der Waals surface area contributed by atoms with E-state index in [0.29, 0.717) is 26.2 Å². The molecule has 138 valence electrons. The summed E-state index contributed by atoms with van der Waals surface area (Å²) < 4.78 is 6.21. The van der Waals surface area contributed by atoms with Gasteiger partial charge in [-0.2, -0.15) is 0 Å². The molecule has 6 nitrogen and oxygen atoms in total. The van der Waals surface area contributed by atoms with Crippen molar-refractivity contribution in [2.24, 2.45) is 0 Å². The maximum absolute atomic E-state index is 12.6. The van der Waals surface area contributed by atoms with Gasteiger partial charge in [0, 0.05) is 30.3 Å². The number of nitrogens with one attached hydrogen (secondary N) is 1. The number of thiazole rings is 1. The second-order valence-electron chi connectivity index (χ2n) is 6.73. The number of likely N-dealkylation sites (tertiary alicyclic amines) is 1. The van der Waals surface area contributed by atoms with Crippen LogP contribution in [0.2, 0.25) is 0 Å². The van der Waals surface area contributed by atoms with Gasteiger partial charge in [-0.1, -0.05) is 0 Å². The summed E-state index contributed by atoms with van der Waals surface area (Å²) in [6.45, 7) is 4.14. The molecular weight excluding hydrogens is 370 g/mol. The van der Waals surface area contributed by atoms with Crippen LogP contribution in [0.5, 0.6) is 0 Å². The van der Waals surface area contributed by atoms with E-state index in [1.165, 1.54) is 33.1 Å². The van der Waals surface area contributed by atoms with Crippen LogP contribution < -0.4 is 5.32 Å². The number of hydrogen-bond acceptors (Lipinski definition) is 6. The van der Waals surface area contributed by atoms with Gasteiger partial charge in [0.25, 0.3) is 5.91 Å². The van der Waals surface area contributed by atoms with Crippen molar-refractivity contribution in [3.05, 3.63) is 38.0 Å². The third kappa shape index (κ3) is 3.28. The fraction of sp³-hybridized carbons (Fsp3) is 0.500. The van der Waals surface area contributed by atoms with Crippen LogP contribution in [0, 0.1) is 0 Å². The first-order chi connectivity index (χ1) is 12.6. The Morgan fingerprint density at radius 2 is 2.19 bits per heavy atom. The van der Waals surface area contributed by atoms with Crippen LogP contribution in [0.25, 0.3) is 0 Å². The summed E-state index contributed by atoms with van der Waals surface area (Å²) in [6.07, 6.45) is 2.42. The standard InChI is InChI=1S/C18H21N3O3S2/c1-12(22)21-5-3-18(4-6-21)16-13(2-7-24-18)8-15(26-16)17(23)19-9-14-10-25-11-20-14/h8,10-11H,2-7,9H2,1H3,(H,19,23). The number of amides is 2. The lowest BCUT2D eigenvalue weighted by Gasteiger charge is -2.43. The summed E-state index contributed by atoms with van der Waals surface area (Å²) in [5.74, 6) is 0.0536. The summed E-state index contributed by atoms with van der Waals surface area (Å²) in [4.78, 5) is 32.1. The molecule has 4 heterocycles. The van der Waals surface area contributed by atoms with Gasteiger partial charge in [-0.25, -0.2) is 4.98 Å². The Hall–Kier alpha value is -1.77. The molecule has 2 aliphatic heterocycles. The number of aromatic nitrogens is 1. The van der Waals surface area contributed by atoms with Gasteiger partial charge in [-0.15, -0.1) is 22.7 Å². The number of carbonyl (C=O) groups is 2. The molecule has 1 N–H and O–H groups in total. The molecule has 0 saturated carbocycles. The summed E-state index contributed by atoms with van der Waals surface area (Å²) in [5.41, 5.74) is 3.52. The number of nitrogens with zero attached hydrogens (tertiary/aromatic N) is 2. The molecule has 1 spiro atoms. The summed E-state index contributed by atoms with van der Waals surface area (Å²) in [5, 5.41) is 4.88. The highest BCUT2D eigenvalue weighted by molar-refractivity contribution is 7.14. The predicted octanol–water partition coefficient (Wildman–Crippen LogP) is 2.54. The SMILES string of the molecule is CC(=O)N1CCC2(CC1)OCCc1cc(C(=O)NCc3cscn3)sc12. The van der Waals surface area contributed by atoms with Gasteiger partial charge >= 0.3 is 0 Å². The van der Waals surface area contributed by atoms with Gasteiger partial charge in [0.1, 0.15) is 5.60 Å². The highest BCUT2D eigenvalue weighted by atomic mass is 32.1. The van der Waals surface area contributed by atoms with Gasteiger partial charge in [0.2, 0.25) is 5.91 Å². The molecule has 0 atom stereocenters. The van der Waals surface area contributed by atoms with E-state index in [1.54, 1.807) is 12.4 Å². The van der Waals surface area contributed by atoms with Crippen molar-refractivity contribution in [1.82, 2.24) is 15.2 Å². The predicted molar refractivity (Wildman–Crippen MR) is 100 cm³/mol. The Kier molecular flexibility index (Phi) is 4.81. The van der Waals surface area contributed by atoms with Crippen molar-refractivity contribution in [3.8, 4) is 0 Å². The smallest absolute Gasteiger partial charge is 0.261 e. The monoisotopic (exact) mass is 391 g/mol. The Balaban J connectivity index is 1.50. The number of thiophene rings is 1. The zero-order valence-electron chi connectivity index (χ0n) is 14.6. The zero-order chi connectivity index (χ0) is 18.1. The van der Waals surface area contributed by atoms with Crippen molar-refractivity contribution < 1.29 is 14.3 Å². The van der Waals surface area contributed by atoms with E-state index < -0.39 is 0 Å². The van der Waals surface area contributed by atoms with E-state index in [4.69, 9.17) is 4.74 Å². The van der Waals surface area contributed by atoms with E-state index in [9.17, 15) is 9.59 Å². The molecule has 0 radical (unpaired) electrons. The maximum Gasteiger partial charge on any atom is 0.261 e. The van der Waals surface area contributed by atoms with Crippen LogP contribution in [0.3, 0.4) is 0 Å². The third-order valence-corrected chi connectivity index (χ3v) is 7.12. The molecule has 2 aliphatic rings. The van der Waals surface area contributed by atoms with Gasteiger partial charge in [0.15, 0.2) is 0 Å². The van der Waals surface area contributed by atoms with E-state index in [1.807, 2.05) is 16.3 Å². The van der Waals surface area contributed by atoms with Gasteiger partial charge in [-0.3, -0.25) is 9.59 Å². The third-order valence-electron chi connectivity index (χ3n) is 5.13. The lowest BCUT2D eigenvalue weighted by atomic mass is 9.85. The summed E-state index contributed by atoms with van der Waals surface area (Å²) in [6, 6.07) is 2.01. The molecule has 4 rings (SSSR count). The molecule has 1 saturated heterocycles. The molecule has 1 fully saturated rings. The average Bonchev–Trinajstić information content (AvgIpc) is 3.30. The molecular formula is C18H21N3O3S2. The first kappa shape index (κ1) is 17.6. The Morgan fingerprint density at radius 3 is 2.88 bits per heavy atom. The van der Waals surface area contributed by atoms with Crippen LogP contribution in [0.1, 0.15) is 45.6 Å². The van der Waals surface area contributed by atoms with Gasteiger partial charge < -0.3 is 15.0 Å². The first-order valence-corrected chi connectivity index (χ1v) is 10.5. The summed E-state index contributed by atoms with van der Waals surface area (Å²) >= 11 is 3.06. The minimum Gasteiger partial charge on any atom is -0.369 e. The number of ether oxygens (including phenoxy) is 1. The fourth-order valence-corrected chi connectivity index (χ4v) is 5.56. The Labute approximate surface area is 160 Å². The quantitative estimate of drug-likeness (QED) is 0.873. The van der Waals surface area contributed by atoms with Crippen LogP contribution in [0.15, 0.2) is 17.0 Å². The average molecular weight is 392 g/mol. The number of hydrogen-bond donors (Lipinski definition) is 1. The topological polar surface area (TPSA) is 71.5 Å². The molecule has 2 aromatic rings. The number of rotatable bonds is 3. The zero-order valence-corrected chi connectivity index (χ0v) is 16.3.